The minimum atomic E-state index is -4.84. The Morgan fingerprint density at radius 3 is 2.21 bits per heavy atom. The maximum atomic E-state index is 14.9. The van der Waals surface area contributed by atoms with E-state index in [1.165, 1.54) is 6.92 Å². The van der Waals surface area contributed by atoms with Crippen molar-refractivity contribution in [1.29, 1.82) is 0 Å². The van der Waals surface area contributed by atoms with E-state index in [1.807, 2.05) is 24.0 Å². The van der Waals surface area contributed by atoms with Crippen LogP contribution in [0, 0.1) is 19.7 Å². The Hall–Kier alpha value is -4.16. The van der Waals surface area contributed by atoms with Crippen LogP contribution in [-0.4, -0.2) is 40.2 Å². The number of nitrogens with zero attached hydrogens (tertiary/aromatic N) is 4. The molecule has 4 aromatic rings. The lowest BCUT2D eigenvalue weighted by Gasteiger charge is -2.36. The predicted molar refractivity (Wildman–Crippen MR) is 155 cm³/mol. The van der Waals surface area contributed by atoms with Crippen molar-refractivity contribution in [3.63, 3.8) is 0 Å². The molecule has 3 heterocycles. The highest BCUT2D eigenvalue weighted by atomic mass is 19.4. The lowest BCUT2D eigenvalue weighted by Crippen LogP contribution is -2.51. The van der Waals surface area contributed by atoms with Gasteiger partial charge in [-0.3, -0.25) is 18.8 Å². The van der Waals surface area contributed by atoms with Gasteiger partial charge in [-0.15, -0.1) is 0 Å². The van der Waals surface area contributed by atoms with Crippen molar-refractivity contribution in [3.05, 3.63) is 121 Å². The molecule has 0 radical (unpaired) electrons. The summed E-state index contributed by atoms with van der Waals surface area (Å²) in [7, 11) is 0. The van der Waals surface area contributed by atoms with Crippen molar-refractivity contribution in [2.75, 3.05) is 31.1 Å². The van der Waals surface area contributed by atoms with E-state index in [1.54, 1.807) is 30.3 Å². The number of aromatic nitrogens is 2. The second-order valence-electron chi connectivity index (χ2n) is 10.8. The number of halogens is 4. The molecule has 0 spiro atoms. The van der Waals surface area contributed by atoms with Crippen LogP contribution < -0.4 is 21.9 Å². The van der Waals surface area contributed by atoms with Crippen LogP contribution in [0.5, 0.6) is 0 Å². The van der Waals surface area contributed by atoms with Gasteiger partial charge in [-0.2, -0.15) is 13.2 Å². The number of hydrogen-bond acceptors (Lipinski definition) is 6. The molecular weight excluding hydrogens is 566 g/mol. The molecule has 43 heavy (non-hydrogen) atoms. The van der Waals surface area contributed by atoms with E-state index in [0.717, 1.165) is 38.9 Å². The maximum absolute atomic E-state index is 14.9. The molecule has 0 bridgehead atoms. The van der Waals surface area contributed by atoms with Gasteiger partial charge < -0.3 is 15.1 Å². The quantitative estimate of drug-likeness (QED) is 0.301. The molecule has 0 saturated carbocycles. The number of rotatable bonds is 8. The van der Waals surface area contributed by atoms with Crippen molar-refractivity contribution in [1.82, 2.24) is 14.0 Å². The molecule has 1 unspecified atom stereocenters. The molecule has 1 saturated heterocycles. The molecule has 1 aliphatic rings. The van der Waals surface area contributed by atoms with Crippen LogP contribution >= 0.6 is 0 Å². The van der Waals surface area contributed by atoms with E-state index in [4.69, 9.17) is 10.2 Å². The van der Waals surface area contributed by atoms with Gasteiger partial charge >= 0.3 is 11.9 Å². The predicted octanol–water partition coefficient (Wildman–Crippen LogP) is 4.45. The molecule has 0 aliphatic carbocycles. The minimum absolute atomic E-state index is 0.158. The van der Waals surface area contributed by atoms with Crippen LogP contribution in [0.4, 0.5) is 23.2 Å². The van der Waals surface area contributed by atoms with Gasteiger partial charge in [0.2, 0.25) is 0 Å². The minimum Gasteiger partial charge on any atom is -0.465 e. The van der Waals surface area contributed by atoms with Crippen molar-refractivity contribution < 1.29 is 22.0 Å². The first kappa shape index (κ1) is 30.3. The lowest BCUT2D eigenvalue weighted by molar-refractivity contribution is -0.138. The number of hydrogen-bond donors (Lipinski definition) is 1. The molecule has 0 amide bonds. The van der Waals surface area contributed by atoms with Crippen LogP contribution in [0.25, 0.3) is 0 Å². The molecule has 2 aromatic heterocycles. The normalized spacial score (nSPS) is 15.2. The molecule has 1 fully saturated rings. The van der Waals surface area contributed by atoms with Crippen LogP contribution in [0.1, 0.15) is 39.9 Å². The summed E-state index contributed by atoms with van der Waals surface area (Å²) < 4.78 is 64.1. The summed E-state index contributed by atoms with van der Waals surface area (Å²) in [6.07, 6.45) is -4.84. The third-order valence-corrected chi connectivity index (χ3v) is 7.87. The Kier molecular flexibility index (Phi) is 8.61. The summed E-state index contributed by atoms with van der Waals surface area (Å²) in [5.74, 6) is 0.533. The van der Waals surface area contributed by atoms with E-state index < -0.39 is 47.0 Å². The summed E-state index contributed by atoms with van der Waals surface area (Å²) in [4.78, 5) is 31.7. The average molecular weight is 600 g/mol. The van der Waals surface area contributed by atoms with Crippen molar-refractivity contribution >= 4 is 5.69 Å². The van der Waals surface area contributed by atoms with Gasteiger partial charge in [-0.1, -0.05) is 36.4 Å². The summed E-state index contributed by atoms with van der Waals surface area (Å²) in [5, 5.41) is 0. The van der Waals surface area contributed by atoms with Gasteiger partial charge in [0, 0.05) is 43.5 Å². The highest BCUT2D eigenvalue weighted by Crippen LogP contribution is 2.33. The second kappa shape index (κ2) is 12.2. The van der Waals surface area contributed by atoms with Crippen LogP contribution in [0.2, 0.25) is 0 Å². The number of furan rings is 1. The first-order valence-electron chi connectivity index (χ1n) is 14.0. The summed E-state index contributed by atoms with van der Waals surface area (Å²) >= 11 is 0. The van der Waals surface area contributed by atoms with E-state index in [-0.39, 0.29) is 17.9 Å². The number of nitrogens with two attached hydrogens (primary N) is 1. The second-order valence-corrected chi connectivity index (χ2v) is 10.8. The van der Waals surface area contributed by atoms with Crippen molar-refractivity contribution in [3.8, 4) is 0 Å². The number of aryl methyl sites for hydroxylation is 1. The fourth-order valence-corrected chi connectivity index (χ4v) is 5.56. The highest BCUT2D eigenvalue weighted by molar-refractivity contribution is 5.50. The van der Waals surface area contributed by atoms with Crippen molar-refractivity contribution in [2.45, 2.75) is 45.7 Å². The number of anilines is 1. The number of benzene rings is 2. The number of alkyl halides is 3. The smallest absolute Gasteiger partial charge is 0.416 e. The molecule has 228 valence electrons. The standard InChI is InChI=1S/C31H33F4N5O3/c1-20-11-12-23(43-20)17-37-13-15-38(16-14-37)28-21(2)39(18-24-25(31(33,34)35)9-6-10-26(24)32)30(42)40(29(28)41)19-27(36)22-7-4-3-5-8-22/h3-12,27H,13-19,36H2,1-2H3. The topological polar surface area (TPSA) is 89.6 Å². The monoisotopic (exact) mass is 599 g/mol. The SMILES string of the molecule is Cc1ccc(CN2CCN(c3c(C)n(Cc4c(F)cccc4C(F)(F)F)c(=O)n(CC(N)c4ccccc4)c3=O)CC2)o1. The van der Waals surface area contributed by atoms with Gasteiger partial charge in [-0.05, 0) is 43.7 Å². The first-order chi connectivity index (χ1) is 20.4. The van der Waals surface area contributed by atoms with Gasteiger partial charge in [0.1, 0.15) is 23.0 Å². The molecule has 1 atom stereocenters. The third-order valence-electron chi connectivity index (χ3n) is 7.87. The molecule has 8 nitrogen and oxygen atoms in total. The van der Waals surface area contributed by atoms with Gasteiger partial charge in [-0.25, -0.2) is 9.18 Å². The first-order valence-corrected chi connectivity index (χ1v) is 14.0. The van der Waals surface area contributed by atoms with E-state index in [2.05, 4.69) is 4.90 Å². The van der Waals surface area contributed by atoms with E-state index in [0.29, 0.717) is 38.3 Å². The van der Waals surface area contributed by atoms with Gasteiger partial charge in [0.25, 0.3) is 5.56 Å². The zero-order valence-corrected chi connectivity index (χ0v) is 23.9. The van der Waals surface area contributed by atoms with Crippen LogP contribution in [0.3, 0.4) is 0 Å². The zero-order chi connectivity index (χ0) is 30.9. The Bertz CT molecular complexity index is 1700. The molecule has 5 rings (SSSR count). The summed E-state index contributed by atoms with van der Waals surface area (Å²) in [6.45, 7) is 5.04. The Morgan fingerprint density at radius 2 is 1.58 bits per heavy atom. The van der Waals surface area contributed by atoms with Gasteiger partial charge in [0.05, 0.1) is 25.2 Å². The lowest BCUT2D eigenvalue weighted by atomic mass is 10.1. The Labute approximate surface area is 245 Å². The molecular formula is C31H33F4N5O3. The van der Waals surface area contributed by atoms with E-state index >= 15 is 0 Å². The Morgan fingerprint density at radius 1 is 0.884 bits per heavy atom. The Balaban J connectivity index is 1.55. The number of piperazine rings is 1. The molecule has 1 aliphatic heterocycles. The molecule has 2 aromatic carbocycles. The molecule has 2 N–H and O–H groups in total. The van der Waals surface area contributed by atoms with Crippen molar-refractivity contribution in [2.24, 2.45) is 5.73 Å². The van der Waals surface area contributed by atoms with Crippen LogP contribution in [0.15, 0.2) is 74.7 Å². The summed E-state index contributed by atoms with van der Waals surface area (Å²) in [5.41, 5.74) is 4.09. The maximum Gasteiger partial charge on any atom is 0.416 e. The van der Waals surface area contributed by atoms with Gasteiger partial charge in [0.15, 0.2) is 0 Å². The fourth-order valence-electron chi connectivity index (χ4n) is 5.56. The third kappa shape index (κ3) is 6.45. The van der Waals surface area contributed by atoms with E-state index in [9.17, 15) is 27.2 Å². The molecule has 12 heteroatoms. The summed E-state index contributed by atoms with van der Waals surface area (Å²) in [6, 6.07) is 14.6. The highest BCUT2D eigenvalue weighted by Gasteiger charge is 2.35. The largest absolute Gasteiger partial charge is 0.465 e. The zero-order valence-electron chi connectivity index (χ0n) is 23.9. The van der Waals surface area contributed by atoms with Crippen LogP contribution in [-0.2, 0) is 25.8 Å². The fraction of sp³-hybridized carbons (Fsp3) is 0.355. The average Bonchev–Trinajstić information content (AvgIpc) is 3.39.